The Morgan fingerprint density at radius 1 is 0.857 bits per heavy atom. The van der Waals surface area contributed by atoms with Crippen molar-refractivity contribution in [3.05, 3.63) is 47.8 Å². The van der Waals surface area contributed by atoms with E-state index in [2.05, 4.69) is 9.97 Å². The highest BCUT2D eigenvalue weighted by atomic mass is 19.4. The number of hydrogen-bond acceptors (Lipinski definition) is 7. The second-order valence-corrected chi connectivity index (χ2v) is 10.3. The Morgan fingerprint density at radius 3 is 2.19 bits per heavy atom. The molecule has 1 aromatic carbocycles. The third kappa shape index (κ3) is 6.77. The lowest BCUT2D eigenvalue weighted by Crippen LogP contribution is -2.49. The number of piperazine rings is 1. The topological polar surface area (TPSA) is 48.0 Å². The van der Waals surface area contributed by atoms with Gasteiger partial charge in [-0.3, -0.25) is 9.88 Å². The summed E-state index contributed by atoms with van der Waals surface area (Å²) in [7, 11) is 0. The van der Waals surface area contributed by atoms with Crippen molar-refractivity contribution < 1.29 is 39.9 Å². The van der Waals surface area contributed by atoms with Gasteiger partial charge in [-0.05, 0) is 13.0 Å². The van der Waals surface area contributed by atoms with Gasteiger partial charge in [0, 0.05) is 57.0 Å². The summed E-state index contributed by atoms with van der Waals surface area (Å²) < 4.78 is 116. The molecule has 0 aliphatic carbocycles. The molecule has 2 aliphatic rings. The van der Waals surface area contributed by atoms with Crippen LogP contribution in [-0.4, -0.2) is 92.8 Å². The van der Waals surface area contributed by atoms with Gasteiger partial charge in [0.1, 0.15) is 24.0 Å². The molecule has 0 amide bonds. The summed E-state index contributed by atoms with van der Waals surface area (Å²) in [6.45, 7) is 0.925. The van der Waals surface area contributed by atoms with E-state index in [0.717, 1.165) is 11.0 Å². The van der Waals surface area contributed by atoms with Crippen LogP contribution in [0.5, 0.6) is 0 Å². The van der Waals surface area contributed by atoms with Crippen LogP contribution in [0.1, 0.15) is 5.56 Å². The number of benzene rings is 1. The standard InChI is InChI=1S/C27H28F8N6O/c1-17-24(41(16-27(33,34)35)20-12-19(13-36-14-20)39-6-8-42-9-7-39)23-21(29)10-18(28)11-22(23)37-25(17)40-4-2-38(3-5-40)15-26(30,31)32/h10-14H,2-9,15-16H2,1H3. The molecule has 0 spiro atoms. The molecule has 2 saturated heterocycles. The Balaban J connectivity index is 1.63. The fourth-order valence-corrected chi connectivity index (χ4v) is 5.43. The number of ether oxygens (including phenoxy) is 1. The summed E-state index contributed by atoms with van der Waals surface area (Å²) in [5.41, 5.74) is 0.343. The smallest absolute Gasteiger partial charge is 0.378 e. The number of morpholine rings is 1. The predicted molar refractivity (Wildman–Crippen MR) is 141 cm³/mol. The van der Waals surface area contributed by atoms with E-state index >= 15 is 4.39 Å². The number of hydrogen-bond donors (Lipinski definition) is 0. The summed E-state index contributed by atoms with van der Waals surface area (Å²) in [5.74, 6) is -1.93. The maximum absolute atomic E-state index is 15.4. The van der Waals surface area contributed by atoms with Gasteiger partial charge in [-0.2, -0.15) is 26.3 Å². The van der Waals surface area contributed by atoms with E-state index in [4.69, 9.17) is 4.74 Å². The Hall–Kier alpha value is -3.46. The Labute approximate surface area is 236 Å². The van der Waals surface area contributed by atoms with Crippen molar-refractivity contribution in [2.45, 2.75) is 19.3 Å². The molecule has 2 aliphatic heterocycles. The normalized spacial score (nSPS) is 17.3. The van der Waals surface area contributed by atoms with Gasteiger partial charge in [-0.15, -0.1) is 0 Å². The van der Waals surface area contributed by atoms with Crippen molar-refractivity contribution in [3.63, 3.8) is 0 Å². The fourth-order valence-electron chi connectivity index (χ4n) is 5.43. The second-order valence-electron chi connectivity index (χ2n) is 10.3. The molecule has 2 aromatic heterocycles. The summed E-state index contributed by atoms with van der Waals surface area (Å²) in [4.78, 5) is 14.2. The van der Waals surface area contributed by atoms with Crippen molar-refractivity contribution in [3.8, 4) is 0 Å². The molecule has 3 aromatic rings. The minimum Gasteiger partial charge on any atom is -0.378 e. The van der Waals surface area contributed by atoms with Crippen LogP contribution >= 0.6 is 0 Å². The first-order valence-corrected chi connectivity index (χ1v) is 13.2. The second kappa shape index (κ2) is 11.7. The van der Waals surface area contributed by atoms with Crippen LogP contribution in [-0.2, 0) is 4.74 Å². The van der Waals surface area contributed by atoms with Crippen LogP contribution in [0.25, 0.3) is 10.9 Å². The zero-order valence-corrected chi connectivity index (χ0v) is 22.6. The zero-order valence-electron chi connectivity index (χ0n) is 22.6. The van der Waals surface area contributed by atoms with E-state index in [1.807, 2.05) is 4.90 Å². The monoisotopic (exact) mass is 604 g/mol. The highest BCUT2D eigenvalue weighted by Crippen LogP contribution is 2.42. The largest absolute Gasteiger partial charge is 0.406 e. The Morgan fingerprint density at radius 2 is 1.55 bits per heavy atom. The van der Waals surface area contributed by atoms with Crippen LogP contribution < -0.4 is 14.7 Å². The van der Waals surface area contributed by atoms with Crippen LogP contribution in [0.3, 0.4) is 0 Å². The van der Waals surface area contributed by atoms with E-state index in [-0.39, 0.29) is 59.8 Å². The number of aromatic nitrogens is 2. The lowest BCUT2D eigenvalue weighted by Gasteiger charge is -2.37. The van der Waals surface area contributed by atoms with Crippen LogP contribution in [0.15, 0.2) is 30.6 Å². The van der Waals surface area contributed by atoms with Crippen molar-refractivity contribution in [2.24, 2.45) is 0 Å². The van der Waals surface area contributed by atoms with Gasteiger partial charge in [-0.25, -0.2) is 13.8 Å². The number of fused-ring (bicyclic) bond motifs is 1. The van der Waals surface area contributed by atoms with Crippen molar-refractivity contribution >= 4 is 33.8 Å². The quantitative estimate of drug-likeness (QED) is 0.348. The van der Waals surface area contributed by atoms with Crippen molar-refractivity contribution in [1.29, 1.82) is 0 Å². The minimum absolute atomic E-state index is 0.0172. The van der Waals surface area contributed by atoms with E-state index < -0.39 is 37.1 Å². The highest BCUT2D eigenvalue weighted by molar-refractivity contribution is 5.98. The molecule has 15 heteroatoms. The first-order valence-electron chi connectivity index (χ1n) is 13.2. The average molecular weight is 605 g/mol. The van der Waals surface area contributed by atoms with Crippen molar-refractivity contribution in [2.75, 3.05) is 80.3 Å². The van der Waals surface area contributed by atoms with Crippen LogP contribution in [0.4, 0.5) is 58.0 Å². The molecule has 5 rings (SSSR count). The van der Waals surface area contributed by atoms with E-state index in [1.165, 1.54) is 30.3 Å². The van der Waals surface area contributed by atoms with Gasteiger partial charge in [0.05, 0.1) is 60.1 Å². The summed E-state index contributed by atoms with van der Waals surface area (Å²) in [6.07, 6.45) is -6.38. The summed E-state index contributed by atoms with van der Waals surface area (Å²) in [5, 5.41) is -0.311. The summed E-state index contributed by atoms with van der Waals surface area (Å²) in [6, 6.07) is 3.03. The van der Waals surface area contributed by atoms with Gasteiger partial charge in [-0.1, -0.05) is 0 Å². The molecule has 42 heavy (non-hydrogen) atoms. The third-order valence-electron chi connectivity index (χ3n) is 7.27. The number of halogens is 8. The van der Waals surface area contributed by atoms with Gasteiger partial charge in [0.25, 0.3) is 0 Å². The molecule has 0 bridgehead atoms. The zero-order chi connectivity index (χ0) is 30.2. The lowest BCUT2D eigenvalue weighted by molar-refractivity contribution is -0.146. The van der Waals surface area contributed by atoms with E-state index in [0.29, 0.717) is 38.1 Å². The maximum Gasteiger partial charge on any atom is 0.406 e. The number of nitrogens with zero attached hydrogens (tertiary/aromatic N) is 6. The van der Waals surface area contributed by atoms with Gasteiger partial charge >= 0.3 is 12.4 Å². The molecular formula is C27H28F8N6O. The Bertz CT molecular complexity index is 1420. The molecular weight excluding hydrogens is 576 g/mol. The highest BCUT2D eigenvalue weighted by Gasteiger charge is 2.36. The first-order chi connectivity index (χ1) is 19.8. The SMILES string of the molecule is Cc1c(N2CCN(CC(F)(F)F)CC2)nc2cc(F)cc(F)c2c1N(CC(F)(F)F)c1cncc(N2CCOCC2)c1. The minimum atomic E-state index is -4.74. The van der Waals surface area contributed by atoms with Gasteiger partial charge in [0.15, 0.2) is 0 Å². The molecule has 0 unspecified atom stereocenters. The molecule has 0 N–H and O–H groups in total. The third-order valence-corrected chi connectivity index (χ3v) is 7.27. The fraction of sp³-hybridized carbons (Fsp3) is 0.481. The predicted octanol–water partition coefficient (Wildman–Crippen LogP) is 5.44. The lowest BCUT2D eigenvalue weighted by atomic mass is 10.0. The number of alkyl halides is 6. The molecule has 2 fully saturated rings. The molecule has 228 valence electrons. The molecule has 0 atom stereocenters. The number of anilines is 4. The number of pyridine rings is 2. The van der Waals surface area contributed by atoms with E-state index in [1.54, 1.807) is 4.90 Å². The van der Waals surface area contributed by atoms with Gasteiger partial charge < -0.3 is 19.4 Å². The van der Waals surface area contributed by atoms with Gasteiger partial charge in [0.2, 0.25) is 0 Å². The van der Waals surface area contributed by atoms with Crippen LogP contribution in [0, 0.1) is 18.6 Å². The van der Waals surface area contributed by atoms with Crippen molar-refractivity contribution in [1.82, 2.24) is 14.9 Å². The Kier molecular flexibility index (Phi) is 8.34. The summed E-state index contributed by atoms with van der Waals surface area (Å²) >= 11 is 0. The maximum atomic E-state index is 15.4. The molecule has 0 radical (unpaired) electrons. The van der Waals surface area contributed by atoms with Crippen LogP contribution in [0.2, 0.25) is 0 Å². The number of rotatable bonds is 6. The molecule has 0 saturated carbocycles. The molecule has 7 nitrogen and oxygen atoms in total. The molecule has 4 heterocycles. The van der Waals surface area contributed by atoms with E-state index in [9.17, 15) is 30.7 Å². The first kappa shape index (κ1) is 30.0. The average Bonchev–Trinajstić information content (AvgIpc) is 2.92.